The van der Waals surface area contributed by atoms with Crippen LogP contribution in [0, 0.1) is 5.82 Å². The van der Waals surface area contributed by atoms with Crippen LogP contribution in [0.25, 0.3) is 22.6 Å². The number of ether oxygens (including phenoxy) is 1. The number of aryl methyl sites for hydroxylation is 1. The first kappa shape index (κ1) is 16.3. The van der Waals surface area contributed by atoms with Crippen LogP contribution in [0.1, 0.15) is 11.4 Å². The number of hydrogen-bond donors (Lipinski definition) is 0. The molecule has 9 heteroatoms. The van der Waals surface area contributed by atoms with E-state index in [4.69, 9.17) is 4.74 Å². The molecule has 1 aromatic carbocycles. The van der Waals surface area contributed by atoms with E-state index in [2.05, 4.69) is 25.4 Å². The van der Waals surface area contributed by atoms with Gasteiger partial charge in [-0.05, 0) is 23.8 Å². The molecular weight excluding hydrogens is 361 g/mol. The third kappa shape index (κ3) is 2.64. The molecule has 4 aromatic rings. The molecule has 0 saturated carbocycles. The van der Waals surface area contributed by atoms with Gasteiger partial charge in [-0.3, -0.25) is 4.68 Å². The molecule has 0 atom stereocenters. The Morgan fingerprint density at radius 2 is 2.00 bits per heavy atom. The van der Waals surface area contributed by atoms with Gasteiger partial charge in [-0.2, -0.15) is 9.61 Å². The Morgan fingerprint density at radius 1 is 1.14 bits per heavy atom. The Bertz CT molecular complexity index is 1250. The highest BCUT2D eigenvalue weighted by molar-refractivity contribution is 5.84. The molecular formula is C19H14FN7O. The Hall–Kier alpha value is -3.88. The van der Waals surface area contributed by atoms with Crippen LogP contribution in [-0.2, 0) is 13.7 Å². The van der Waals surface area contributed by atoms with Gasteiger partial charge in [-0.15, -0.1) is 15.3 Å². The van der Waals surface area contributed by atoms with Gasteiger partial charge in [-0.1, -0.05) is 30.4 Å². The zero-order valence-electron chi connectivity index (χ0n) is 14.8. The van der Waals surface area contributed by atoms with Crippen molar-refractivity contribution < 1.29 is 9.13 Å². The van der Waals surface area contributed by atoms with Crippen LogP contribution in [0.4, 0.5) is 4.39 Å². The molecule has 28 heavy (non-hydrogen) atoms. The fraction of sp³-hybridized carbons (Fsp3) is 0.105. The monoisotopic (exact) mass is 375 g/mol. The quantitative estimate of drug-likeness (QED) is 0.533. The maximum Gasteiger partial charge on any atom is 0.240 e. The Labute approximate surface area is 158 Å². The van der Waals surface area contributed by atoms with E-state index in [9.17, 15) is 4.39 Å². The second-order valence-electron chi connectivity index (χ2n) is 6.21. The highest BCUT2D eigenvalue weighted by Gasteiger charge is 2.19. The molecule has 8 nitrogen and oxygen atoms in total. The summed E-state index contributed by atoms with van der Waals surface area (Å²) < 4.78 is 23.3. The van der Waals surface area contributed by atoms with Gasteiger partial charge in [0.2, 0.25) is 5.88 Å². The summed E-state index contributed by atoms with van der Waals surface area (Å²) in [6, 6.07) is 8.20. The maximum atomic E-state index is 14.3. The van der Waals surface area contributed by atoms with Crippen LogP contribution >= 0.6 is 0 Å². The van der Waals surface area contributed by atoms with E-state index in [0.717, 1.165) is 11.1 Å². The smallest absolute Gasteiger partial charge is 0.240 e. The van der Waals surface area contributed by atoms with E-state index in [-0.39, 0.29) is 6.61 Å². The minimum absolute atomic E-state index is 0.191. The van der Waals surface area contributed by atoms with Crippen LogP contribution in [0.15, 0.2) is 54.9 Å². The summed E-state index contributed by atoms with van der Waals surface area (Å²) in [7, 11) is 1.79. The molecule has 0 spiro atoms. The molecule has 138 valence electrons. The predicted molar refractivity (Wildman–Crippen MR) is 98.6 cm³/mol. The summed E-state index contributed by atoms with van der Waals surface area (Å²) in [6.07, 6.45) is 7.30. The average molecular weight is 375 g/mol. The van der Waals surface area contributed by atoms with Crippen LogP contribution < -0.4 is 4.74 Å². The van der Waals surface area contributed by atoms with Crippen molar-refractivity contribution in [1.82, 2.24) is 34.6 Å². The lowest BCUT2D eigenvalue weighted by Gasteiger charge is -2.14. The summed E-state index contributed by atoms with van der Waals surface area (Å²) in [5.74, 6) is 0.947. The molecule has 3 aromatic heterocycles. The zero-order chi connectivity index (χ0) is 19.1. The molecule has 0 N–H and O–H groups in total. The number of rotatable bonds is 5. The number of benzene rings is 1. The molecule has 0 amide bonds. The van der Waals surface area contributed by atoms with Gasteiger partial charge in [0, 0.05) is 12.6 Å². The number of nitrogens with zero attached hydrogens (tertiary/aromatic N) is 7. The number of halogens is 1. The van der Waals surface area contributed by atoms with Crippen LogP contribution in [0.2, 0.25) is 0 Å². The standard InChI is InChI=1S/C19H14FN7O/c1-26-17(21-11-22-26)10-28-19-14(12-5-4-6-12)9-16-23-24-18(27(16)25-19)13-7-2-3-8-15(13)20/h2-9,11H,10H2,1H3. The molecule has 3 heterocycles. The highest BCUT2D eigenvalue weighted by Crippen LogP contribution is 2.31. The first-order valence-corrected chi connectivity index (χ1v) is 8.56. The summed E-state index contributed by atoms with van der Waals surface area (Å²) in [4.78, 5) is 4.16. The molecule has 0 saturated heterocycles. The Balaban J connectivity index is 1.61. The molecule has 0 bridgehead atoms. The van der Waals surface area contributed by atoms with Crippen molar-refractivity contribution in [3.05, 3.63) is 72.1 Å². The minimum Gasteiger partial charge on any atom is -0.468 e. The SMILES string of the molecule is Cn1ncnc1COc1nn2c(-c3ccccc3F)nnc2cc1C1=CC=C1. The zero-order valence-corrected chi connectivity index (χ0v) is 14.8. The van der Waals surface area contributed by atoms with Gasteiger partial charge >= 0.3 is 0 Å². The van der Waals surface area contributed by atoms with E-state index in [1.807, 2.05) is 24.3 Å². The highest BCUT2D eigenvalue weighted by atomic mass is 19.1. The van der Waals surface area contributed by atoms with E-state index < -0.39 is 5.82 Å². The topological polar surface area (TPSA) is 83.0 Å². The molecule has 0 fully saturated rings. The van der Waals surface area contributed by atoms with Crippen molar-refractivity contribution in [3.8, 4) is 17.3 Å². The van der Waals surface area contributed by atoms with Crippen molar-refractivity contribution >= 4 is 11.2 Å². The van der Waals surface area contributed by atoms with Crippen molar-refractivity contribution in [2.24, 2.45) is 7.05 Å². The fourth-order valence-electron chi connectivity index (χ4n) is 2.90. The lowest BCUT2D eigenvalue weighted by molar-refractivity contribution is 0.273. The summed E-state index contributed by atoms with van der Waals surface area (Å²) in [5.41, 5.74) is 2.57. The maximum absolute atomic E-state index is 14.3. The summed E-state index contributed by atoms with van der Waals surface area (Å²) >= 11 is 0. The van der Waals surface area contributed by atoms with Gasteiger partial charge in [0.15, 0.2) is 17.3 Å². The minimum atomic E-state index is -0.395. The first-order chi connectivity index (χ1) is 13.7. The second kappa shape index (κ2) is 6.38. The van der Waals surface area contributed by atoms with Crippen LogP contribution in [0.3, 0.4) is 0 Å². The normalized spacial score (nSPS) is 12.9. The first-order valence-electron chi connectivity index (χ1n) is 8.56. The number of hydrogen-bond acceptors (Lipinski definition) is 6. The fourth-order valence-corrected chi connectivity index (χ4v) is 2.90. The van der Waals surface area contributed by atoms with E-state index in [1.165, 1.54) is 16.9 Å². The van der Waals surface area contributed by atoms with Gasteiger partial charge in [0.05, 0.1) is 5.56 Å². The number of fused-ring (bicyclic) bond motifs is 1. The van der Waals surface area contributed by atoms with Crippen molar-refractivity contribution in [2.75, 3.05) is 0 Å². The summed E-state index contributed by atoms with van der Waals surface area (Å²) in [6.45, 7) is 0.191. The summed E-state index contributed by atoms with van der Waals surface area (Å²) in [5, 5.41) is 16.9. The molecule has 1 aliphatic carbocycles. The predicted octanol–water partition coefficient (Wildman–Crippen LogP) is 2.59. The van der Waals surface area contributed by atoms with E-state index in [1.54, 1.807) is 29.9 Å². The Morgan fingerprint density at radius 3 is 2.71 bits per heavy atom. The van der Waals surface area contributed by atoms with Gasteiger partial charge in [0.25, 0.3) is 0 Å². The van der Waals surface area contributed by atoms with Gasteiger partial charge < -0.3 is 4.74 Å². The van der Waals surface area contributed by atoms with Gasteiger partial charge in [0.1, 0.15) is 18.8 Å². The molecule has 1 aliphatic rings. The number of allylic oxidation sites excluding steroid dienone is 4. The van der Waals surface area contributed by atoms with Crippen LogP contribution in [0.5, 0.6) is 5.88 Å². The number of aromatic nitrogens is 7. The molecule has 5 rings (SSSR count). The molecule has 0 unspecified atom stereocenters. The molecule has 0 radical (unpaired) electrons. The average Bonchev–Trinajstić information content (AvgIpc) is 3.24. The van der Waals surface area contributed by atoms with Crippen molar-refractivity contribution in [3.63, 3.8) is 0 Å². The second-order valence-corrected chi connectivity index (χ2v) is 6.21. The Kier molecular flexibility index (Phi) is 3.71. The van der Waals surface area contributed by atoms with Crippen LogP contribution in [-0.4, -0.2) is 34.6 Å². The van der Waals surface area contributed by atoms with E-state index >= 15 is 0 Å². The molecule has 0 aliphatic heterocycles. The van der Waals surface area contributed by atoms with Crippen molar-refractivity contribution in [2.45, 2.75) is 6.61 Å². The lowest BCUT2D eigenvalue weighted by atomic mass is 10.0. The van der Waals surface area contributed by atoms with Gasteiger partial charge in [-0.25, -0.2) is 9.37 Å². The third-order valence-corrected chi connectivity index (χ3v) is 4.48. The third-order valence-electron chi connectivity index (χ3n) is 4.48. The lowest BCUT2D eigenvalue weighted by Crippen LogP contribution is -2.09. The largest absolute Gasteiger partial charge is 0.468 e. The van der Waals surface area contributed by atoms with E-state index in [0.29, 0.717) is 28.7 Å². The van der Waals surface area contributed by atoms with Crippen molar-refractivity contribution in [1.29, 1.82) is 0 Å².